The highest BCUT2D eigenvalue weighted by molar-refractivity contribution is 7.99. The molecule has 0 spiro atoms. The molecule has 0 aliphatic rings. The van der Waals surface area contributed by atoms with Gasteiger partial charge < -0.3 is 15.4 Å². The summed E-state index contributed by atoms with van der Waals surface area (Å²) in [7, 11) is 1.59. The largest absolute Gasteiger partial charge is 0.495 e. The van der Waals surface area contributed by atoms with Crippen LogP contribution in [0.4, 0.5) is 5.69 Å². The van der Waals surface area contributed by atoms with Crippen LogP contribution in [-0.4, -0.2) is 39.4 Å². The average Bonchev–Trinajstić information content (AvgIpc) is 3.36. The number of nitrogens with zero attached hydrogens (tertiary/aromatic N) is 3. The van der Waals surface area contributed by atoms with E-state index < -0.39 is 0 Å². The van der Waals surface area contributed by atoms with Gasteiger partial charge in [0.05, 0.1) is 35.8 Å². The van der Waals surface area contributed by atoms with Crippen LogP contribution in [0.15, 0.2) is 90.3 Å². The smallest absolute Gasteiger partial charge is 0.253 e. The Morgan fingerprint density at radius 2 is 1.71 bits per heavy atom. The van der Waals surface area contributed by atoms with Crippen molar-refractivity contribution in [2.24, 2.45) is 0 Å². The summed E-state index contributed by atoms with van der Waals surface area (Å²) in [6.07, 6.45) is 1.58. The summed E-state index contributed by atoms with van der Waals surface area (Å²) in [5.74, 6) is 0.231. The van der Waals surface area contributed by atoms with E-state index in [1.54, 1.807) is 42.3 Å². The molecule has 0 saturated heterocycles. The van der Waals surface area contributed by atoms with Gasteiger partial charge in [0.2, 0.25) is 5.91 Å². The van der Waals surface area contributed by atoms with Crippen molar-refractivity contribution in [3.05, 3.63) is 96.3 Å². The average molecular weight is 488 g/mol. The Labute approximate surface area is 207 Å². The van der Waals surface area contributed by atoms with E-state index >= 15 is 0 Å². The zero-order valence-corrected chi connectivity index (χ0v) is 20.2. The predicted octanol–water partition coefficient (Wildman–Crippen LogP) is 4.50. The summed E-state index contributed by atoms with van der Waals surface area (Å²) < 4.78 is 7.18. The van der Waals surface area contributed by atoms with Crippen molar-refractivity contribution < 1.29 is 14.3 Å². The first-order valence-electron chi connectivity index (χ1n) is 11.0. The van der Waals surface area contributed by atoms with Gasteiger partial charge in [0, 0.05) is 0 Å². The molecule has 1 atom stereocenters. The Morgan fingerprint density at radius 3 is 2.51 bits per heavy atom. The number of hydrogen-bond donors (Lipinski definition) is 2. The van der Waals surface area contributed by atoms with Crippen molar-refractivity contribution in [3.8, 4) is 11.4 Å². The number of ether oxygens (including phenoxy) is 1. The lowest BCUT2D eigenvalue weighted by Crippen LogP contribution is -2.28. The fourth-order valence-electron chi connectivity index (χ4n) is 3.52. The molecule has 0 aliphatic carbocycles. The van der Waals surface area contributed by atoms with Gasteiger partial charge in [-0.3, -0.25) is 14.2 Å². The maximum atomic E-state index is 12.9. The van der Waals surface area contributed by atoms with Crippen LogP contribution in [0, 0.1) is 0 Å². The number of carbonyl (C=O) groups excluding carboxylic acids is 2. The fourth-order valence-corrected chi connectivity index (χ4v) is 4.24. The molecule has 4 rings (SSSR count). The predicted molar refractivity (Wildman–Crippen MR) is 136 cm³/mol. The second kappa shape index (κ2) is 11.3. The number of rotatable bonds is 9. The van der Waals surface area contributed by atoms with Crippen LogP contribution < -0.4 is 15.4 Å². The number of thioether (sulfide) groups is 1. The Hall–Kier alpha value is -4.11. The highest BCUT2D eigenvalue weighted by Gasteiger charge is 2.17. The van der Waals surface area contributed by atoms with E-state index in [4.69, 9.17) is 4.74 Å². The van der Waals surface area contributed by atoms with Gasteiger partial charge in [-0.1, -0.05) is 66.4 Å². The lowest BCUT2D eigenvalue weighted by Gasteiger charge is -2.16. The molecule has 1 heterocycles. The van der Waals surface area contributed by atoms with Crippen molar-refractivity contribution >= 4 is 29.3 Å². The van der Waals surface area contributed by atoms with Crippen LogP contribution in [-0.2, 0) is 4.79 Å². The molecular weight excluding hydrogens is 462 g/mol. The van der Waals surface area contributed by atoms with E-state index in [1.165, 1.54) is 11.8 Å². The van der Waals surface area contributed by atoms with E-state index in [2.05, 4.69) is 20.8 Å². The molecule has 9 heteroatoms. The Balaban J connectivity index is 1.41. The Morgan fingerprint density at radius 1 is 1.00 bits per heavy atom. The fraction of sp³-hybridized carbons (Fsp3) is 0.154. The molecule has 178 valence electrons. The van der Waals surface area contributed by atoms with Crippen LogP contribution in [0.3, 0.4) is 0 Å². The summed E-state index contributed by atoms with van der Waals surface area (Å²) in [6.45, 7) is 1.92. The van der Waals surface area contributed by atoms with E-state index in [9.17, 15) is 9.59 Å². The molecule has 0 aliphatic heterocycles. The van der Waals surface area contributed by atoms with Gasteiger partial charge in [-0.15, -0.1) is 10.2 Å². The van der Waals surface area contributed by atoms with Crippen molar-refractivity contribution in [1.29, 1.82) is 0 Å². The number of para-hydroxylation sites is 3. The lowest BCUT2D eigenvalue weighted by atomic mass is 10.1. The number of hydrogen-bond acceptors (Lipinski definition) is 6. The van der Waals surface area contributed by atoms with Gasteiger partial charge in [-0.25, -0.2) is 0 Å². The first-order chi connectivity index (χ1) is 17.1. The zero-order valence-electron chi connectivity index (χ0n) is 19.3. The lowest BCUT2D eigenvalue weighted by molar-refractivity contribution is -0.113. The van der Waals surface area contributed by atoms with E-state index in [1.807, 2.05) is 61.5 Å². The quantitative estimate of drug-likeness (QED) is 0.338. The monoisotopic (exact) mass is 487 g/mol. The van der Waals surface area contributed by atoms with E-state index in [-0.39, 0.29) is 23.6 Å². The van der Waals surface area contributed by atoms with Gasteiger partial charge in [-0.05, 0) is 36.8 Å². The molecule has 0 radical (unpaired) electrons. The van der Waals surface area contributed by atoms with Crippen molar-refractivity contribution in [2.45, 2.75) is 18.1 Å². The number of amides is 2. The summed E-state index contributed by atoms with van der Waals surface area (Å²) in [4.78, 5) is 25.7. The molecule has 8 nitrogen and oxygen atoms in total. The van der Waals surface area contributed by atoms with Gasteiger partial charge >= 0.3 is 0 Å². The van der Waals surface area contributed by atoms with Crippen LogP contribution in [0.1, 0.15) is 28.9 Å². The summed E-state index contributed by atoms with van der Waals surface area (Å²) in [5.41, 5.74) is 2.61. The second-order valence-corrected chi connectivity index (χ2v) is 8.59. The summed E-state index contributed by atoms with van der Waals surface area (Å²) >= 11 is 1.24. The highest BCUT2D eigenvalue weighted by atomic mass is 32.2. The van der Waals surface area contributed by atoms with Gasteiger partial charge in [0.15, 0.2) is 5.16 Å². The molecular formula is C26H25N5O3S. The summed E-state index contributed by atoms with van der Waals surface area (Å²) in [6, 6.07) is 24.0. The third kappa shape index (κ3) is 5.88. The third-order valence-electron chi connectivity index (χ3n) is 5.29. The minimum atomic E-state index is -0.263. The molecule has 3 aromatic carbocycles. The normalized spacial score (nSPS) is 11.5. The molecule has 0 unspecified atom stereocenters. The number of carbonyl (C=O) groups is 2. The Kier molecular flexibility index (Phi) is 7.79. The van der Waals surface area contributed by atoms with Gasteiger partial charge in [-0.2, -0.15) is 0 Å². The molecule has 0 bridgehead atoms. The number of anilines is 1. The molecule has 35 heavy (non-hydrogen) atoms. The molecule has 1 aromatic heterocycles. The second-order valence-electron chi connectivity index (χ2n) is 7.64. The van der Waals surface area contributed by atoms with Crippen LogP contribution in [0.5, 0.6) is 5.75 Å². The number of methoxy groups -OCH3 is 1. The maximum absolute atomic E-state index is 12.9. The number of benzene rings is 3. The van der Waals surface area contributed by atoms with Crippen LogP contribution in [0.2, 0.25) is 0 Å². The first kappa shape index (κ1) is 24.0. The van der Waals surface area contributed by atoms with Gasteiger partial charge in [0.25, 0.3) is 5.91 Å². The minimum absolute atomic E-state index is 0.0875. The standard InChI is InChI=1S/C26H25N5O3S/c1-18(19-10-4-3-5-11-19)28-25(33)20-12-6-7-13-21(20)29-24(32)16-35-26-30-27-17-31(26)22-14-8-9-15-23(22)34-2/h3-15,17-18H,16H2,1-2H3,(H,28,33)(H,29,32)/t18-/m0/s1. The molecule has 0 fully saturated rings. The Bertz CT molecular complexity index is 1310. The van der Waals surface area contributed by atoms with E-state index in [0.717, 1.165) is 11.3 Å². The van der Waals surface area contributed by atoms with E-state index in [0.29, 0.717) is 22.2 Å². The van der Waals surface area contributed by atoms with Crippen molar-refractivity contribution in [3.63, 3.8) is 0 Å². The number of nitrogens with one attached hydrogen (secondary N) is 2. The molecule has 4 aromatic rings. The maximum Gasteiger partial charge on any atom is 0.253 e. The topological polar surface area (TPSA) is 98.1 Å². The minimum Gasteiger partial charge on any atom is -0.495 e. The SMILES string of the molecule is COc1ccccc1-n1cnnc1SCC(=O)Nc1ccccc1C(=O)N[C@@H](C)c1ccccc1. The highest BCUT2D eigenvalue weighted by Crippen LogP contribution is 2.27. The summed E-state index contributed by atoms with van der Waals surface area (Å²) in [5, 5.41) is 14.5. The molecule has 0 saturated carbocycles. The van der Waals surface area contributed by atoms with Crippen LogP contribution >= 0.6 is 11.8 Å². The van der Waals surface area contributed by atoms with Crippen molar-refractivity contribution in [2.75, 3.05) is 18.2 Å². The third-order valence-corrected chi connectivity index (χ3v) is 6.23. The van der Waals surface area contributed by atoms with Gasteiger partial charge in [0.1, 0.15) is 12.1 Å². The molecule has 2 amide bonds. The zero-order chi connectivity index (χ0) is 24.6. The van der Waals surface area contributed by atoms with Crippen LogP contribution in [0.25, 0.3) is 5.69 Å². The number of aromatic nitrogens is 3. The van der Waals surface area contributed by atoms with Crippen molar-refractivity contribution in [1.82, 2.24) is 20.1 Å². The first-order valence-corrected chi connectivity index (χ1v) is 12.0. The molecule has 2 N–H and O–H groups in total.